The molecule has 0 radical (unpaired) electrons. The van der Waals surface area contributed by atoms with E-state index in [1.165, 1.54) is 5.56 Å². The van der Waals surface area contributed by atoms with Crippen LogP contribution in [0.5, 0.6) is 5.75 Å². The van der Waals surface area contributed by atoms with Gasteiger partial charge in [0.25, 0.3) is 0 Å². The maximum absolute atomic E-state index is 9.75. The number of hydrogen-bond acceptors (Lipinski definition) is 1. The number of ether oxygens (including phenoxy) is 1. The van der Waals surface area contributed by atoms with Crippen LogP contribution in [0.25, 0.3) is 0 Å². The van der Waals surface area contributed by atoms with Crippen LogP contribution in [-0.2, 0) is 6.61 Å². The predicted molar refractivity (Wildman–Crippen MR) is 86.6 cm³/mol. The molecule has 1 nitrogen and oxygen atoms in total. The van der Waals surface area contributed by atoms with Crippen molar-refractivity contribution >= 4 is 21.8 Å². The third-order valence-corrected chi connectivity index (χ3v) is 1.94. The van der Waals surface area contributed by atoms with Gasteiger partial charge in [0.05, 0.1) is 0 Å². The Kier molecular flexibility index (Phi) is 19.0. The molecular weight excluding hydrogens is 472 g/mol. The molecule has 0 fully saturated rings. The second-order valence-electron chi connectivity index (χ2n) is 4.49. The molecule has 17 heteroatoms. The maximum atomic E-state index is 9.75. The monoisotopic (exact) mass is 483 g/mol. The van der Waals surface area contributed by atoms with E-state index >= 15 is 0 Å². The smallest absolute Gasteiger partial charge is 0.514 e. The molecule has 0 aliphatic heterocycles. The zero-order valence-corrected chi connectivity index (χ0v) is 18.2. The number of rotatable bonds is 3. The second kappa shape index (κ2) is 16.9. The van der Waals surface area contributed by atoms with Crippen LogP contribution in [-0.4, -0.2) is 21.8 Å². The molecule has 0 aromatic heterocycles. The first-order valence-electron chi connectivity index (χ1n) is 7.20. The molecule has 0 aliphatic rings. The average molecular weight is 483 g/mol. The van der Waals surface area contributed by atoms with E-state index in [-0.39, 0.29) is 51.4 Å². The first-order chi connectivity index (χ1) is 12.9. The number of hydrogen-bond donors (Lipinski definition) is 0. The Morgan fingerprint density at radius 2 is 0.933 bits per heavy atom. The summed E-state index contributed by atoms with van der Waals surface area (Å²) in [6.45, 7) is 0.616. The van der Waals surface area contributed by atoms with Crippen LogP contribution in [0.15, 0.2) is 54.6 Å². The summed E-state index contributed by atoms with van der Waals surface area (Å²) in [7, 11) is -18.0. The van der Waals surface area contributed by atoms with Gasteiger partial charge in [-0.2, -0.15) is 18.2 Å². The van der Waals surface area contributed by atoms with Gasteiger partial charge < -0.3 is 56.5 Å². The Bertz CT molecular complexity index is 552. The fourth-order valence-corrected chi connectivity index (χ4v) is 1.21. The summed E-state index contributed by atoms with van der Waals surface area (Å²) in [4.78, 5) is 0. The third kappa shape index (κ3) is 45.8. The third-order valence-electron chi connectivity index (χ3n) is 1.94. The second-order valence-corrected chi connectivity index (χ2v) is 4.49. The Morgan fingerprint density at radius 1 is 0.600 bits per heavy atom. The molecule has 0 aliphatic carbocycles. The molecule has 0 bridgehead atoms. The Balaban J connectivity index is -0.000000383. The molecule has 0 saturated carbocycles. The zero-order chi connectivity index (χ0) is 23.1. The SMILES string of the molecule is F[B-](F)(F)F.F[B-](F)(F)F.F[B-](F)(F)F.[K+].[c-]1ccc(OCc2ccccc2)cc1. The molecule has 166 valence electrons. The molecule has 0 atom stereocenters. The Hall–Kier alpha value is -0.769. The predicted octanol–water partition coefficient (Wildman–Crippen LogP) is 3.97. The van der Waals surface area contributed by atoms with Gasteiger partial charge >= 0.3 is 73.1 Å². The van der Waals surface area contributed by atoms with Gasteiger partial charge in [0.1, 0.15) is 6.61 Å². The molecule has 0 spiro atoms. The summed E-state index contributed by atoms with van der Waals surface area (Å²) in [5.41, 5.74) is 1.18. The van der Waals surface area contributed by atoms with E-state index in [0.717, 1.165) is 5.75 Å². The van der Waals surface area contributed by atoms with Crippen LogP contribution in [0.1, 0.15) is 5.56 Å². The van der Waals surface area contributed by atoms with E-state index in [9.17, 15) is 51.8 Å². The van der Waals surface area contributed by atoms with E-state index in [1.807, 2.05) is 42.5 Å². The van der Waals surface area contributed by atoms with Crippen LogP contribution in [0, 0.1) is 6.07 Å². The molecular formula is C13H11B3F12KO-3. The maximum Gasteiger partial charge on any atom is 1.00 e. The molecule has 30 heavy (non-hydrogen) atoms. The van der Waals surface area contributed by atoms with Crippen molar-refractivity contribution in [2.45, 2.75) is 6.61 Å². The topological polar surface area (TPSA) is 9.23 Å². The summed E-state index contributed by atoms with van der Waals surface area (Å²) in [6, 6.07) is 20.6. The molecule has 0 saturated heterocycles. The minimum Gasteiger partial charge on any atom is -0.514 e. The van der Waals surface area contributed by atoms with Gasteiger partial charge in [-0.05, 0) is 5.56 Å². The van der Waals surface area contributed by atoms with E-state index in [0.29, 0.717) is 6.61 Å². The molecule has 0 heterocycles. The van der Waals surface area contributed by atoms with Crippen LogP contribution in [0.4, 0.5) is 51.8 Å². The molecule has 0 N–H and O–H groups in total. The molecule has 2 aromatic rings. The minimum atomic E-state index is -6.00. The van der Waals surface area contributed by atoms with Crippen LogP contribution in [0.3, 0.4) is 0 Å². The minimum absolute atomic E-state index is 0. The standard InChI is InChI=1S/C13H11O.3BF4.K/c1-3-7-12(8-4-1)11-14-13-9-5-2-6-10-13;3*2-1(3,4)5;/h1,3-10H,11H2;;;;/q4*-1;+1. The number of halogens is 12. The molecule has 2 aromatic carbocycles. The molecule has 2 rings (SSSR count). The zero-order valence-electron chi connectivity index (χ0n) is 15.1. The normalized spacial score (nSPS) is 10.5. The van der Waals surface area contributed by atoms with Crippen molar-refractivity contribution in [3.05, 3.63) is 66.2 Å². The summed E-state index contributed by atoms with van der Waals surface area (Å²) in [5.74, 6) is 0.882. The van der Waals surface area contributed by atoms with E-state index in [2.05, 4.69) is 18.2 Å². The Morgan fingerprint density at radius 3 is 1.27 bits per heavy atom. The van der Waals surface area contributed by atoms with Crippen molar-refractivity contribution in [3.8, 4) is 5.75 Å². The quantitative estimate of drug-likeness (QED) is 0.365. The van der Waals surface area contributed by atoms with Crippen LogP contribution >= 0.6 is 0 Å². The number of benzene rings is 2. The molecule has 0 unspecified atom stereocenters. The van der Waals surface area contributed by atoms with E-state index in [4.69, 9.17) is 4.74 Å². The fraction of sp³-hybridized carbons (Fsp3) is 0.0769. The Labute approximate surface area is 206 Å². The summed E-state index contributed by atoms with van der Waals surface area (Å²) in [5, 5.41) is 0. The van der Waals surface area contributed by atoms with Gasteiger partial charge in [-0.3, -0.25) is 0 Å². The van der Waals surface area contributed by atoms with Crippen molar-refractivity contribution < 1.29 is 108 Å². The van der Waals surface area contributed by atoms with Crippen molar-refractivity contribution in [3.63, 3.8) is 0 Å². The van der Waals surface area contributed by atoms with Gasteiger partial charge in [-0.25, -0.2) is 0 Å². The van der Waals surface area contributed by atoms with E-state index < -0.39 is 21.8 Å². The fourth-order valence-electron chi connectivity index (χ4n) is 1.21. The van der Waals surface area contributed by atoms with Gasteiger partial charge in [0.2, 0.25) is 0 Å². The first kappa shape index (κ1) is 33.9. The summed E-state index contributed by atoms with van der Waals surface area (Å²) >= 11 is 0. The first-order valence-corrected chi connectivity index (χ1v) is 7.20. The summed E-state index contributed by atoms with van der Waals surface area (Å²) < 4.78 is 123. The van der Waals surface area contributed by atoms with E-state index in [1.54, 1.807) is 0 Å². The summed E-state index contributed by atoms with van der Waals surface area (Å²) in [6.07, 6.45) is 0. The van der Waals surface area contributed by atoms with Gasteiger partial charge in [-0.15, -0.1) is 12.1 Å². The molecule has 0 amide bonds. The largest absolute Gasteiger partial charge is 1.00 e. The van der Waals surface area contributed by atoms with Gasteiger partial charge in [-0.1, -0.05) is 30.3 Å². The van der Waals surface area contributed by atoms with Crippen molar-refractivity contribution in [1.82, 2.24) is 0 Å². The van der Waals surface area contributed by atoms with Gasteiger partial charge in [0.15, 0.2) is 0 Å². The van der Waals surface area contributed by atoms with Crippen LogP contribution < -0.4 is 56.1 Å². The van der Waals surface area contributed by atoms with Crippen molar-refractivity contribution in [2.75, 3.05) is 0 Å². The van der Waals surface area contributed by atoms with Gasteiger partial charge in [0, 0.05) is 5.75 Å². The van der Waals surface area contributed by atoms with Crippen LogP contribution in [0.2, 0.25) is 0 Å². The van der Waals surface area contributed by atoms with Crippen molar-refractivity contribution in [2.24, 2.45) is 0 Å². The van der Waals surface area contributed by atoms with Crippen molar-refractivity contribution in [1.29, 1.82) is 0 Å². The average Bonchev–Trinajstić information content (AvgIpc) is 2.50.